The van der Waals surface area contributed by atoms with E-state index in [2.05, 4.69) is 45.1 Å². The normalized spacial score (nSPS) is 30.2. The van der Waals surface area contributed by atoms with Crippen LogP contribution in [-0.2, 0) is 0 Å². The quantitative estimate of drug-likeness (QED) is 0.767. The van der Waals surface area contributed by atoms with Crippen molar-refractivity contribution in [2.45, 2.75) is 65.0 Å². The van der Waals surface area contributed by atoms with Gasteiger partial charge in [0.15, 0.2) is 0 Å². The highest BCUT2D eigenvalue weighted by molar-refractivity contribution is 4.85. The Labute approximate surface area is 108 Å². The van der Waals surface area contributed by atoms with Gasteiger partial charge in [0, 0.05) is 18.6 Å². The van der Waals surface area contributed by atoms with Gasteiger partial charge < -0.3 is 10.2 Å². The smallest absolute Gasteiger partial charge is 0.0105 e. The predicted molar refractivity (Wildman–Crippen MR) is 76.4 cm³/mol. The van der Waals surface area contributed by atoms with Crippen molar-refractivity contribution in [2.24, 2.45) is 11.8 Å². The molecule has 1 aliphatic rings. The summed E-state index contributed by atoms with van der Waals surface area (Å²) in [5.74, 6) is 1.76. The first kappa shape index (κ1) is 15.0. The maximum absolute atomic E-state index is 3.53. The number of nitrogens with one attached hydrogen (secondary N) is 1. The van der Waals surface area contributed by atoms with Crippen molar-refractivity contribution >= 4 is 0 Å². The molecule has 0 bridgehead atoms. The molecule has 0 aromatic carbocycles. The van der Waals surface area contributed by atoms with Crippen LogP contribution in [0, 0.1) is 11.8 Å². The van der Waals surface area contributed by atoms with Crippen molar-refractivity contribution in [3.8, 4) is 0 Å². The Bertz CT molecular complexity index is 201. The van der Waals surface area contributed by atoms with Crippen LogP contribution in [0.25, 0.3) is 0 Å². The average Bonchev–Trinajstić information content (AvgIpc) is 2.31. The zero-order chi connectivity index (χ0) is 12.8. The van der Waals surface area contributed by atoms with Crippen molar-refractivity contribution in [3.63, 3.8) is 0 Å². The van der Waals surface area contributed by atoms with E-state index in [1.807, 2.05) is 0 Å². The lowest BCUT2D eigenvalue weighted by molar-refractivity contribution is 0.133. The highest BCUT2D eigenvalue weighted by atomic mass is 15.1. The largest absolute Gasteiger partial charge is 0.317 e. The maximum Gasteiger partial charge on any atom is 0.0105 e. The topological polar surface area (TPSA) is 15.3 Å². The Morgan fingerprint density at radius 3 is 2.41 bits per heavy atom. The molecule has 1 N–H and O–H groups in total. The highest BCUT2D eigenvalue weighted by Crippen LogP contribution is 2.30. The lowest BCUT2D eigenvalue weighted by Gasteiger charge is -2.39. The van der Waals surface area contributed by atoms with Gasteiger partial charge in [-0.05, 0) is 58.0 Å². The van der Waals surface area contributed by atoms with Gasteiger partial charge >= 0.3 is 0 Å². The van der Waals surface area contributed by atoms with E-state index in [1.54, 1.807) is 0 Å². The van der Waals surface area contributed by atoms with Crippen LogP contribution in [0.2, 0.25) is 0 Å². The summed E-state index contributed by atoms with van der Waals surface area (Å²) in [5, 5.41) is 3.53. The van der Waals surface area contributed by atoms with Crippen molar-refractivity contribution in [2.75, 3.05) is 20.6 Å². The molecule has 1 aliphatic carbocycles. The molecule has 3 atom stereocenters. The predicted octanol–water partition coefficient (Wildman–Crippen LogP) is 3.13. The second-order valence-corrected chi connectivity index (χ2v) is 5.98. The summed E-state index contributed by atoms with van der Waals surface area (Å²) in [6.45, 7) is 8.30. The minimum atomic E-state index is 0.739. The molecule has 2 heteroatoms. The molecular formula is C15H32N2. The number of rotatable bonds is 6. The van der Waals surface area contributed by atoms with Gasteiger partial charge in [0.2, 0.25) is 0 Å². The van der Waals surface area contributed by atoms with Crippen LogP contribution in [0.3, 0.4) is 0 Å². The van der Waals surface area contributed by atoms with Gasteiger partial charge in [-0.3, -0.25) is 0 Å². The summed E-state index contributed by atoms with van der Waals surface area (Å²) in [4.78, 5) is 2.59. The van der Waals surface area contributed by atoms with Crippen LogP contribution in [-0.4, -0.2) is 37.6 Å². The summed E-state index contributed by atoms with van der Waals surface area (Å²) in [5.41, 5.74) is 0. The summed E-state index contributed by atoms with van der Waals surface area (Å²) in [6, 6.07) is 1.51. The lowest BCUT2D eigenvalue weighted by atomic mass is 9.78. The van der Waals surface area contributed by atoms with E-state index < -0.39 is 0 Å². The molecule has 17 heavy (non-hydrogen) atoms. The Kier molecular flexibility index (Phi) is 6.50. The fraction of sp³-hybridized carbons (Fsp3) is 1.00. The summed E-state index contributed by atoms with van der Waals surface area (Å²) < 4.78 is 0. The van der Waals surface area contributed by atoms with Gasteiger partial charge in [0.05, 0.1) is 0 Å². The molecule has 0 radical (unpaired) electrons. The van der Waals surface area contributed by atoms with Crippen LogP contribution < -0.4 is 5.32 Å². The second kappa shape index (κ2) is 7.38. The molecule has 0 spiro atoms. The molecular weight excluding hydrogens is 208 g/mol. The minimum Gasteiger partial charge on any atom is -0.317 e. The van der Waals surface area contributed by atoms with Gasteiger partial charge in [0.1, 0.15) is 0 Å². The second-order valence-electron chi connectivity index (χ2n) is 5.98. The van der Waals surface area contributed by atoms with E-state index in [1.165, 1.54) is 38.6 Å². The first-order chi connectivity index (χ1) is 8.12. The molecule has 102 valence electrons. The fourth-order valence-corrected chi connectivity index (χ4v) is 3.51. The van der Waals surface area contributed by atoms with Gasteiger partial charge in [-0.2, -0.15) is 0 Å². The van der Waals surface area contributed by atoms with E-state index in [-0.39, 0.29) is 0 Å². The zero-order valence-electron chi connectivity index (χ0n) is 12.5. The molecule has 1 rings (SSSR count). The van der Waals surface area contributed by atoms with Gasteiger partial charge in [-0.1, -0.05) is 20.8 Å². The monoisotopic (exact) mass is 240 g/mol. The summed E-state index contributed by atoms with van der Waals surface area (Å²) >= 11 is 0. The van der Waals surface area contributed by atoms with Crippen LogP contribution in [0.4, 0.5) is 0 Å². The van der Waals surface area contributed by atoms with E-state index in [0.717, 1.165) is 23.9 Å². The molecule has 0 heterocycles. The third-order valence-electron chi connectivity index (χ3n) is 4.70. The SMILES string of the molecule is CCC(CC)N(C)CC1CC(C)CCC1NC. The molecule has 0 aliphatic heterocycles. The lowest BCUT2D eigenvalue weighted by Crippen LogP contribution is -2.45. The van der Waals surface area contributed by atoms with Crippen LogP contribution in [0.1, 0.15) is 52.9 Å². The Balaban J connectivity index is 2.51. The highest BCUT2D eigenvalue weighted by Gasteiger charge is 2.29. The maximum atomic E-state index is 3.53. The first-order valence-electron chi connectivity index (χ1n) is 7.49. The molecule has 3 unspecified atom stereocenters. The van der Waals surface area contributed by atoms with Gasteiger partial charge in [0.25, 0.3) is 0 Å². The molecule has 1 saturated carbocycles. The van der Waals surface area contributed by atoms with E-state index in [9.17, 15) is 0 Å². The minimum absolute atomic E-state index is 0.739. The van der Waals surface area contributed by atoms with Crippen molar-refractivity contribution < 1.29 is 0 Å². The Hall–Kier alpha value is -0.0800. The third kappa shape index (κ3) is 4.26. The molecule has 0 aromatic heterocycles. The number of hydrogen-bond acceptors (Lipinski definition) is 2. The number of hydrogen-bond donors (Lipinski definition) is 1. The number of nitrogens with zero attached hydrogens (tertiary/aromatic N) is 1. The van der Waals surface area contributed by atoms with E-state index in [4.69, 9.17) is 0 Å². The molecule has 0 amide bonds. The van der Waals surface area contributed by atoms with Crippen molar-refractivity contribution in [1.29, 1.82) is 0 Å². The summed E-state index contributed by atoms with van der Waals surface area (Å²) in [7, 11) is 4.44. The van der Waals surface area contributed by atoms with Crippen molar-refractivity contribution in [3.05, 3.63) is 0 Å². The third-order valence-corrected chi connectivity index (χ3v) is 4.70. The van der Waals surface area contributed by atoms with Crippen LogP contribution >= 0.6 is 0 Å². The van der Waals surface area contributed by atoms with Crippen LogP contribution in [0.5, 0.6) is 0 Å². The Morgan fingerprint density at radius 1 is 1.24 bits per heavy atom. The average molecular weight is 240 g/mol. The fourth-order valence-electron chi connectivity index (χ4n) is 3.51. The first-order valence-corrected chi connectivity index (χ1v) is 7.49. The van der Waals surface area contributed by atoms with Gasteiger partial charge in [-0.15, -0.1) is 0 Å². The van der Waals surface area contributed by atoms with Gasteiger partial charge in [-0.25, -0.2) is 0 Å². The van der Waals surface area contributed by atoms with E-state index >= 15 is 0 Å². The summed E-state index contributed by atoms with van der Waals surface area (Å²) in [6.07, 6.45) is 6.71. The molecule has 1 fully saturated rings. The van der Waals surface area contributed by atoms with Crippen LogP contribution in [0.15, 0.2) is 0 Å². The zero-order valence-corrected chi connectivity index (χ0v) is 12.5. The molecule has 0 saturated heterocycles. The Morgan fingerprint density at radius 2 is 1.88 bits per heavy atom. The van der Waals surface area contributed by atoms with E-state index in [0.29, 0.717) is 0 Å². The van der Waals surface area contributed by atoms with Crippen molar-refractivity contribution in [1.82, 2.24) is 10.2 Å². The molecule has 0 aromatic rings. The standard InChI is InChI=1S/C15H32N2/c1-6-14(7-2)17(5)11-13-10-12(3)8-9-15(13)16-4/h12-16H,6-11H2,1-5H3. The molecule has 2 nitrogen and oxygen atoms in total.